The van der Waals surface area contributed by atoms with E-state index >= 15 is 0 Å². The van der Waals surface area contributed by atoms with E-state index in [0.717, 1.165) is 9.58 Å². The van der Waals surface area contributed by atoms with Crippen LogP contribution in [0.2, 0.25) is 0 Å². The summed E-state index contributed by atoms with van der Waals surface area (Å²) in [6.07, 6.45) is -4.58. The fourth-order valence-corrected chi connectivity index (χ4v) is 3.20. The maximum absolute atomic E-state index is 13.0. The van der Waals surface area contributed by atoms with Crippen molar-refractivity contribution in [2.75, 3.05) is 6.54 Å². The van der Waals surface area contributed by atoms with Gasteiger partial charge in [0.25, 0.3) is 11.6 Å². The molecule has 3 aromatic rings. The first-order chi connectivity index (χ1) is 13.2. The second-order valence-electron chi connectivity index (χ2n) is 5.78. The van der Waals surface area contributed by atoms with Crippen molar-refractivity contribution < 1.29 is 22.5 Å². The van der Waals surface area contributed by atoms with Gasteiger partial charge in [-0.25, -0.2) is 4.79 Å². The molecule has 0 N–H and O–H groups in total. The first-order valence-electron chi connectivity index (χ1n) is 7.86. The highest BCUT2D eigenvalue weighted by molar-refractivity contribution is 7.13. The molecular weight excluding hydrogens is 401 g/mol. The van der Waals surface area contributed by atoms with E-state index in [1.54, 1.807) is 17.5 Å². The number of halogens is 3. The Morgan fingerprint density at radius 1 is 1.25 bits per heavy atom. The first kappa shape index (κ1) is 19.8. The van der Waals surface area contributed by atoms with Crippen LogP contribution in [0.4, 0.5) is 18.9 Å². The molecule has 0 unspecified atom stereocenters. The van der Waals surface area contributed by atoms with Crippen molar-refractivity contribution >= 4 is 17.0 Å². The van der Waals surface area contributed by atoms with Crippen molar-refractivity contribution in [3.05, 3.63) is 68.0 Å². The Morgan fingerprint density at radius 3 is 2.64 bits per heavy atom. The van der Waals surface area contributed by atoms with Crippen LogP contribution in [0.3, 0.4) is 0 Å². The van der Waals surface area contributed by atoms with Gasteiger partial charge in [-0.05, 0) is 11.4 Å². The molecule has 3 rings (SSSR count). The molecule has 148 valence electrons. The van der Waals surface area contributed by atoms with Crippen LogP contribution in [0.15, 0.2) is 51.0 Å². The average molecular weight is 414 g/mol. The zero-order valence-corrected chi connectivity index (χ0v) is 14.9. The smallest absolute Gasteiger partial charge is 0.387 e. The predicted octanol–water partition coefficient (Wildman–Crippen LogP) is 3.50. The van der Waals surface area contributed by atoms with E-state index in [-0.39, 0.29) is 17.1 Å². The van der Waals surface area contributed by atoms with Crippen LogP contribution in [0.5, 0.6) is 0 Å². The highest BCUT2D eigenvalue weighted by Gasteiger charge is 2.32. The number of benzene rings is 1. The predicted molar refractivity (Wildman–Crippen MR) is 93.6 cm³/mol. The van der Waals surface area contributed by atoms with E-state index in [1.807, 2.05) is 0 Å². The second kappa shape index (κ2) is 7.94. The number of para-hydroxylation sites is 1. The van der Waals surface area contributed by atoms with E-state index < -0.39 is 36.6 Å². The summed E-state index contributed by atoms with van der Waals surface area (Å²) in [5.41, 5.74) is -0.215. The lowest BCUT2D eigenvalue weighted by Crippen LogP contribution is -2.37. The summed E-state index contributed by atoms with van der Waals surface area (Å²) in [7, 11) is 0. The number of hydrogen-bond acceptors (Lipinski definition) is 7. The lowest BCUT2D eigenvalue weighted by molar-refractivity contribution is -0.385. The Kier molecular flexibility index (Phi) is 5.61. The molecule has 0 aliphatic heterocycles. The van der Waals surface area contributed by atoms with Crippen LogP contribution < -0.4 is 5.76 Å². The van der Waals surface area contributed by atoms with Crippen molar-refractivity contribution in [2.24, 2.45) is 0 Å². The fourth-order valence-electron chi connectivity index (χ4n) is 2.56. The molecule has 0 bridgehead atoms. The molecule has 0 aliphatic rings. The Labute approximate surface area is 159 Å². The van der Waals surface area contributed by atoms with E-state index in [0.29, 0.717) is 4.88 Å². The van der Waals surface area contributed by atoms with Crippen LogP contribution in [0.25, 0.3) is 10.8 Å². The van der Waals surface area contributed by atoms with Gasteiger partial charge >= 0.3 is 11.9 Å². The Morgan fingerprint density at radius 2 is 2.00 bits per heavy atom. The van der Waals surface area contributed by atoms with Crippen LogP contribution in [0.1, 0.15) is 5.56 Å². The normalized spacial score (nSPS) is 11.9. The third-order valence-corrected chi connectivity index (χ3v) is 4.52. The van der Waals surface area contributed by atoms with Crippen molar-refractivity contribution in [1.82, 2.24) is 14.7 Å². The minimum Gasteiger partial charge on any atom is -0.387 e. The lowest BCUT2D eigenvalue weighted by atomic mass is 10.1. The monoisotopic (exact) mass is 414 g/mol. The Hall–Kier alpha value is -2.99. The van der Waals surface area contributed by atoms with Gasteiger partial charge in [0.05, 0.1) is 16.3 Å². The number of rotatable bonds is 7. The minimum absolute atomic E-state index is 0.00218. The molecule has 1 aromatic carbocycles. The third-order valence-electron chi connectivity index (χ3n) is 3.66. The van der Waals surface area contributed by atoms with Gasteiger partial charge in [0.2, 0.25) is 0 Å². The molecule has 12 heteroatoms. The summed E-state index contributed by atoms with van der Waals surface area (Å²) in [5, 5.41) is 16.8. The molecule has 0 aliphatic carbocycles. The van der Waals surface area contributed by atoms with Gasteiger partial charge in [-0.15, -0.1) is 16.4 Å². The molecular formula is C16H13F3N4O4S. The first-order valence-corrected chi connectivity index (χ1v) is 8.74. The van der Waals surface area contributed by atoms with Gasteiger partial charge in [-0.1, -0.05) is 24.3 Å². The highest BCUT2D eigenvalue weighted by atomic mass is 32.1. The molecule has 0 saturated heterocycles. The number of nitro groups is 1. The Bertz CT molecular complexity index is 1010. The van der Waals surface area contributed by atoms with Gasteiger partial charge in [0, 0.05) is 18.2 Å². The molecule has 28 heavy (non-hydrogen) atoms. The Balaban J connectivity index is 1.88. The average Bonchev–Trinajstić information content (AvgIpc) is 3.24. The number of thiophene rings is 1. The van der Waals surface area contributed by atoms with Gasteiger partial charge in [0.1, 0.15) is 6.67 Å². The van der Waals surface area contributed by atoms with Crippen molar-refractivity contribution in [3.63, 3.8) is 0 Å². The van der Waals surface area contributed by atoms with Crippen molar-refractivity contribution in [1.29, 1.82) is 0 Å². The lowest BCUT2D eigenvalue weighted by Gasteiger charge is -2.22. The van der Waals surface area contributed by atoms with E-state index in [1.165, 1.54) is 35.6 Å². The summed E-state index contributed by atoms with van der Waals surface area (Å²) >= 11 is 1.26. The summed E-state index contributed by atoms with van der Waals surface area (Å²) in [6.45, 7) is -2.32. The second-order valence-corrected chi connectivity index (χ2v) is 6.73. The quantitative estimate of drug-likeness (QED) is 0.434. The summed E-state index contributed by atoms with van der Waals surface area (Å²) < 4.78 is 44.7. The summed E-state index contributed by atoms with van der Waals surface area (Å²) in [6, 6.07) is 8.85. The molecule has 0 radical (unpaired) electrons. The summed E-state index contributed by atoms with van der Waals surface area (Å²) in [4.78, 5) is 23.8. The number of nitrogens with zero attached hydrogens (tertiary/aromatic N) is 4. The van der Waals surface area contributed by atoms with Crippen LogP contribution in [-0.2, 0) is 13.2 Å². The fraction of sp³-hybridized carbons (Fsp3) is 0.250. The standard InChI is InChI=1S/C16H13F3N4O4S/c17-16(18,19)9-21(8-11-4-1-2-5-12(11)23(25)26)10-22-15(24)27-14(20-22)13-6-3-7-28-13/h1-7H,8-10H2. The van der Waals surface area contributed by atoms with Crippen LogP contribution in [-0.4, -0.2) is 32.3 Å². The SMILES string of the molecule is O=c1oc(-c2cccs2)nn1CN(Cc1ccccc1[N+](=O)[O-])CC(F)(F)F. The molecule has 0 atom stereocenters. The van der Waals surface area contributed by atoms with Crippen LogP contribution in [0, 0.1) is 10.1 Å². The zero-order valence-electron chi connectivity index (χ0n) is 14.1. The maximum Gasteiger partial charge on any atom is 0.438 e. The number of alkyl halides is 3. The largest absolute Gasteiger partial charge is 0.438 e. The topological polar surface area (TPSA) is 94.4 Å². The molecule has 0 amide bonds. The zero-order chi connectivity index (χ0) is 20.3. The third kappa shape index (κ3) is 4.84. The van der Waals surface area contributed by atoms with Crippen LogP contribution >= 0.6 is 11.3 Å². The van der Waals surface area contributed by atoms with E-state index in [2.05, 4.69) is 5.10 Å². The molecule has 2 heterocycles. The van der Waals surface area contributed by atoms with E-state index in [9.17, 15) is 28.1 Å². The van der Waals surface area contributed by atoms with Crippen molar-refractivity contribution in [3.8, 4) is 10.8 Å². The number of aromatic nitrogens is 2. The van der Waals surface area contributed by atoms with Gasteiger partial charge in [-0.3, -0.25) is 15.0 Å². The van der Waals surface area contributed by atoms with E-state index in [4.69, 9.17) is 4.42 Å². The number of hydrogen-bond donors (Lipinski definition) is 0. The molecule has 2 aromatic heterocycles. The van der Waals surface area contributed by atoms with Crippen molar-refractivity contribution in [2.45, 2.75) is 19.4 Å². The van der Waals surface area contributed by atoms with Gasteiger partial charge in [0.15, 0.2) is 0 Å². The van der Waals surface area contributed by atoms with Gasteiger partial charge < -0.3 is 4.42 Å². The molecule has 8 nitrogen and oxygen atoms in total. The number of nitro benzene ring substituents is 1. The molecule has 0 fully saturated rings. The highest BCUT2D eigenvalue weighted by Crippen LogP contribution is 2.24. The summed E-state index contributed by atoms with van der Waals surface area (Å²) in [5.74, 6) is -0.921. The molecule has 0 saturated carbocycles. The molecule has 0 spiro atoms. The minimum atomic E-state index is -4.58. The van der Waals surface area contributed by atoms with Gasteiger partial charge in [-0.2, -0.15) is 17.9 Å². The maximum atomic E-state index is 13.0.